The lowest BCUT2D eigenvalue weighted by Crippen LogP contribution is -2.19. The summed E-state index contributed by atoms with van der Waals surface area (Å²) < 4.78 is 38.0. The summed E-state index contributed by atoms with van der Waals surface area (Å²) in [5, 5.41) is 9.27. The molecule has 0 atom stereocenters. The lowest BCUT2D eigenvalue weighted by molar-refractivity contribution is -0.139. The van der Waals surface area contributed by atoms with Crippen LogP contribution in [0, 0.1) is 0 Å². The van der Waals surface area contributed by atoms with E-state index < -0.39 is 22.9 Å². The van der Waals surface area contributed by atoms with Crippen molar-refractivity contribution in [2.45, 2.75) is 32.4 Å². The molecule has 15 heavy (non-hydrogen) atoms. The molecule has 0 saturated heterocycles. The Bertz CT molecular complexity index is 361. The van der Waals surface area contributed by atoms with E-state index in [2.05, 4.69) is 0 Å². The van der Waals surface area contributed by atoms with E-state index in [-0.39, 0.29) is 5.56 Å². The summed E-state index contributed by atoms with van der Waals surface area (Å²) >= 11 is 0. The van der Waals surface area contributed by atoms with E-state index >= 15 is 0 Å². The molecule has 0 spiro atoms. The highest BCUT2D eigenvalue weighted by Gasteiger charge is 2.39. The molecule has 0 fully saturated rings. The van der Waals surface area contributed by atoms with Gasteiger partial charge in [0.1, 0.15) is 11.3 Å². The Morgan fingerprint density at radius 3 is 1.93 bits per heavy atom. The van der Waals surface area contributed by atoms with Gasteiger partial charge in [-0.25, -0.2) is 0 Å². The van der Waals surface area contributed by atoms with E-state index in [4.69, 9.17) is 0 Å². The van der Waals surface area contributed by atoms with Gasteiger partial charge in [-0.1, -0.05) is 32.9 Å². The molecule has 1 aromatic carbocycles. The number of rotatable bonds is 0. The highest BCUT2D eigenvalue weighted by Crippen LogP contribution is 2.42. The first-order valence-electron chi connectivity index (χ1n) is 4.53. The number of phenolic OH excluding ortho intramolecular Hbond substituents is 1. The van der Waals surface area contributed by atoms with Gasteiger partial charge in [0.2, 0.25) is 0 Å². The molecule has 4 heteroatoms. The predicted molar refractivity (Wildman–Crippen MR) is 51.8 cm³/mol. The molecule has 0 saturated carbocycles. The Labute approximate surface area is 86.5 Å². The van der Waals surface area contributed by atoms with Crippen LogP contribution >= 0.6 is 0 Å². The second-order valence-electron chi connectivity index (χ2n) is 4.45. The smallest absolute Gasteiger partial charge is 0.420 e. The van der Waals surface area contributed by atoms with Gasteiger partial charge in [-0.15, -0.1) is 0 Å². The maximum absolute atomic E-state index is 12.7. The summed E-state index contributed by atoms with van der Waals surface area (Å²) in [4.78, 5) is 0. The Kier molecular flexibility index (Phi) is 2.72. The number of hydrogen-bond acceptors (Lipinski definition) is 1. The fourth-order valence-corrected chi connectivity index (χ4v) is 1.46. The number of halogens is 3. The van der Waals surface area contributed by atoms with E-state index in [1.54, 1.807) is 20.8 Å². The van der Waals surface area contributed by atoms with E-state index in [9.17, 15) is 18.3 Å². The molecule has 1 aromatic rings. The summed E-state index contributed by atoms with van der Waals surface area (Å²) in [5.41, 5.74) is -1.48. The largest absolute Gasteiger partial charge is 0.507 e. The topological polar surface area (TPSA) is 20.2 Å². The van der Waals surface area contributed by atoms with Crippen LogP contribution in [0.5, 0.6) is 5.75 Å². The summed E-state index contributed by atoms with van der Waals surface area (Å²) in [7, 11) is 0. The van der Waals surface area contributed by atoms with Crippen LogP contribution in [0.4, 0.5) is 13.2 Å². The number of benzene rings is 1. The van der Waals surface area contributed by atoms with Crippen LogP contribution in [0.3, 0.4) is 0 Å². The van der Waals surface area contributed by atoms with Crippen molar-refractivity contribution in [1.82, 2.24) is 0 Å². The third kappa shape index (κ3) is 2.43. The molecule has 0 aliphatic rings. The molecule has 0 radical (unpaired) electrons. The number of alkyl halides is 3. The van der Waals surface area contributed by atoms with E-state index in [0.717, 1.165) is 6.07 Å². The molecule has 0 aliphatic heterocycles. The third-order valence-electron chi connectivity index (χ3n) is 2.13. The van der Waals surface area contributed by atoms with Crippen LogP contribution in [0.1, 0.15) is 31.9 Å². The Morgan fingerprint density at radius 2 is 1.60 bits per heavy atom. The minimum Gasteiger partial charge on any atom is -0.507 e. The number of hydrogen-bond donors (Lipinski definition) is 1. The van der Waals surface area contributed by atoms with Crippen LogP contribution in [-0.2, 0) is 11.6 Å². The van der Waals surface area contributed by atoms with Gasteiger partial charge < -0.3 is 5.11 Å². The zero-order valence-corrected chi connectivity index (χ0v) is 8.81. The van der Waals surface area contributed by atoms with E-state index in [1.807, 2.05) is 0 Å². The average molecular weight is 218 g/mol. The summed E-state index contributed by atoms with van der Waals surface area (Å²) in [6.07, 6.45) is -4.52. The van der Waals surface area contributed by atoms with E-state index in [1.165, 1.54) is 12.1 Å². The van der Waals surface area contributed by atoms with Crippen LogP contribution < -0.4 is 0 Å². The van der Waals surface area contributed by atoms with Gasteiger partial charge in [-0.2, -0.15) is 13.2 Å². The third-order valence-corrected chi connectivity index (χ3v) is 2.13. The van der Waals surface area contributed by atoms with Gasteiger partial charge in [0, 0.05) is 0 Å². The molecule has 1 rings (SSSR count). The average Bonchev–Trinajstić information content (AvgIpc) is 1.99. The first-order chi connectivity index (χ1) is 6.64. The molecule has 1 N–H and O–H groups in total. The van der Waals surface area contributed by atoms with Crippen LogP contribution in [0.15, 0.2) is 18.2 Å². The minimum absolute atomic E-state index is 0.106. The van der Waals surface area contributed by atoms with Crippen molar-refractivity contribution in [3.05, 3.63) is 29.3 Å². The van der Waals surface area contributed by atoms with Crippen molar-refractivity contribution in [3.63, 3.8) is 0 Å². The molecular formula is C11H13F3O. The number of aromatic hydroxyl groups is 1. The molecule has 0 aliphatic carbocycles. The molecular weight excluding hydrogens is 205 g/mol. The van der Waals surface area contributed by atoms with Crippen molar-refractivity contribution in [1.29, 1.82) is 0 Å². The van der Waals surface area contributed by atoms with E-state index in [0.29, 0.717) is 0 Å². The van der Waals surface area contributed by atoms with Crippen molar-refractivity contribution < 1.29 is 18.3 Å². The Hall–Kier alpha value is -1.19. The van der Waals surface area contributed by atoms with Gasteiger partial charge in [0.15, 0.2) is 0 Å². The molecule has 0 heterocycles. The molecule has 1 nitrogen and oxygen atoms in total. The van der Waals surface area contributed by atoms with Crippen molar-refractivity contribution in [2.75, 3.05) is 0 Å². The van der Waals surface area contributed by atoms with Gasteiger partial charge >= 0.3 is 6.18 Å². The van der Waals surface area contributed by atoms with Crippen molar-refractivity contribution >= 4 is 0 Å². The predicted octanol–water partition coefficient (Wildman–Crippen LogP) is 3.71. The highest BCUT2D eigenvalue weighted by atomic mass is 19.4. The Morgan fingerprint density at radius 1 is 1.07 bits per heavy atom. The Balaban J connectivity index is 3.48. The highest BCUT2D eigenvalue weighted by molar-refractivity contribution is 5.44. The molecule has 0 amide bonds. The maximum Gasteiger partial charge on any atom is 0.420 e. The standard InChI is InChI=1S/C11H13F3O/c1-10(2,3)7-5-4-6-8(15)9(7)11(12,13)14/h4-6,15H,1-3H3. The first kappa shape index (κ1) is 11.9. The van der Waals surface area contributed by atoms with Crippen LogP contribution in [-0.4, -0.2) is 5.11 Å². The lowest BCUT2D eigenvalue weighted by atomic mass is 9.83. The van der Waals surface area contributed by atoms with Gasteiger partial charge in [-0.05, 0) is 17.0 Å². The van der Waals surface area contributed by atoms with Crippen molar-refractivity contribution in [3.8, 4) is 5.75 Å². The van der Waals surface area contributed by atoms with Gasteiger partial charge in [0.25, 0.3) is 0 Å². The minimum atomic E-state index is -4.52. The molecule has 0 unspecified atom stereocenters. The van der Waals surface area contributed by atoms with Crippen LogP contribution in [0.2, 0.25) is 0 Å². The van der Waals surface area contributed by atoms with Gasteiger partial charge in [0.05, 0.1) is 0 Å². The summed E-state index contributed by atoms with van der Waals surface area (Å²) in [6.45, 7) is 5.03. The number of phenols is 1. The van der Waals surface area contributed by atoms with Gasteiger partial charge in [-0.3, -0.25) is 0 Å². The lowest BCUT2D eigenvalue weighted by Gasteiger charge is -2.24. The quantitative estimate of drug-likeness (QED) is 0.703. The molecule has 0 aromatic heterocycles. The second-order valence-corrected chi connectivity index (χ2v) is 4.45. The molecule has 0 bridgehead atoms. The summed E-state index contributed by atoms with van der Waals surface area (Å²) in [6, 6.07) is 3.87. The SMILES string of the molecule is CC(C)(C)c1cccc(O)c1C(F)(F)F. The first-order valence-corrected chi connectivity index (χ1v) is 4.53. The zero-order valence-electron chi connectivity index (χ0n) is 8.81. The van der Waals surface area contributed by atoms with Crippen molar-refractivity contribution in [2.24, 2.45) is 0 Å². The monoisotopic (exact) mass is 218 g/mol. The fourth-order valence-electron chi connectivity index (χ4n) is 1.46. The second kappa shape index (κ2) is 3.43. The zero-order chi connectivity index (χ0) is 11.9. The fraction of sp³-hybridized carbons (Fsp3) is 0.455. The summed E-state index contributed by atoms with van der Waals surface area (Å²) in [5.74, 6) is -0.713. The maximum atomic E-state index is 12.7. The molecule has 84 valence electrons. The normalized spacial score (nSPS) is 12.9. The van der Waals surface area contributed by atoms with Crippen LogP contribution in [0.25, 0.3) is 0 Å².